The SMILES string of the molecule is CCC1CN(c2ccc(Cl)c(C(C)C)c2)C(=O)C1c1cc(F)cc(F)c1. The molecule has 0 spiro atoms. The van der Waals surface area contributed by atoms with Gasteiger partial charge < -0.3 is 4.90 Å². The van der Waals surface area contributed by atoms with Gasteiger partial charge in [-0.25, -0.2) is 8.78 Å². The van der Waals surface area contributed by atoms with Crippen molar-refractivity contribution in [1.29, 1.82) is 0 Å². The first kappa shape index (κ1) is 18.8. The Labute approximate surface area is 157 Å². The molecule has 1 heterocycles. The summed E-state index contributed by atoms with van der Waals surface area (Å²) in [6.07, 6.45) is 0.746. The molecule has 0 bridgehead atoms. The van der Waals surface area contributed by atoms with Crippen LogP contribution in [-0.4, -0.2) is 12.5 Å². The van der Waals surface area contributed by atoms with Crippen molar-refractivity contribution in [3.63, 3.8) is 0 Å². The zero-order valence-electron chi connectivity index (χ0n) is 15.1. The average molecular weight is 378 g/mol. The Bertz CT molecular complexity index is 817. The van der Waals surface area contributed by atoms with Crippen molar-refractivity contribution in [3.8, 4) is 0 Å². The van der Waals surface area contributed by atoms with Gasteiger partial charge in [0.25, 0.3) is 0 Å². The largest absolute Gasteiger partial charge is 0.312 e. The second-order valence-corrected chi connectivity index (χ2v) is 7.57. The van der Waals surface area contributed by atoms with Crippen molar-refractivity contribution < 1.29 is 13.6 Å². The van der Waals surface area contributed by atoms with E-state index in [4.69, 9.17) is 11.6 Å². The molecule has 1 aliphatic heterocycles. The number of carbonyl (C=O) groups is 1. The van der Waals surface area contributed by atoms with Crippen molar-refractivity contribution in [2.24, 2.45) is 5.92 Å². The first-order chi connectivity index (χ1) is 12.3. The molecule has 1 fully saturated rings. The second-order valence-electron chi connectivity index (χ2n) is 7.16. The fourth-order valence-electron chi connectivity index (χ4n) is 3.71. The van der Waals surface area contributed by atoms with E-state index in [1.807, 2.05) is 32.9 Å². The molecule has 2 atom stereocenters. The summed E-state index contributed by atoms with van der Waals surface area (Å²) in [6.45, 7) is 6.61. The highest BCUT2D eigenvalue weighted by Gasteiger charge is 2.41. The van der Waals surface area contributed by atoms with Crippen LogP contribution in [-0.2, 0) is 4.79 Å². The lowest BCUT2D eigenvalue weighted by atomic mass is 9.87. The summed E-state index contributed by atoms with van der Waals surface area (Å²) in [7, 11) is 0. The summed E-state index contributed by atoms with van der Waals surface area (Å²) in [5.74, 6) is -1.75. The molecule has 5 heteroatoms. The molecule has 0 radical (unpaired) electrons. The molecule has 2 nitrogen and oxygen atoms in total. The van der Waals surface area contributed by atoms with Crippen molar-refractivity contribution in [2.75, 3.05) is 11.4 Å². The Balaban J connectivity index is 1.99. The first-order valence-corrected chi connectivity index (χ1v) is 9.26. The Morgan fingerprint density at radius 1 is 1.15 bits per heavy atom. The molecule has 26 heavy (non-hydrogen) atoms. The molecule has 0 N–H and O–H groups in total. The van der Waals surface area contributed by atoms with Crippen LogP contribution in [0.25, 0.3) is 0 Å². The topological polar surface area (TPSA) is 20.3 Å². The maximum Gasteiger partial charge on any atom is 0.234 e. The van der Waals surface area contributed by atoms with Crippen LogP contribution in [0.1, 0.15) is 50.2 Å². The monoisotopic (exact) mass is 377 g/mol. The molecule has 1 saturated heterocycles. The second kappa shape index (κ2) is 7.36. The number of anilines is 1. The van der Waals surface area contributed by atoms with Gasteiger partial charge in [-0.3, -0.25) is 4.79 Å². The van der Waals surface area contributed by atoms with Crippen LogP contribution >= 0.6 is 11.6 Å². The predicted octanol–water partition coefficient (Wildman–Crippen LogP) is 5.90. The number of halogens is 3. The summed E-state index contributed by atoms with van der Waals surface area (Å²) in [5, 5.41) is 0.672. The summed E-state index contributed by atoms with van der Waals surface area (Å²) in [6, 6.07) is 8.92. The molecule has 138 valence electrons. The van der Waals surface area contributed by atoms with Gasteiger partial charge in [0.05, 0.1) is 5.92 Å². The molecule has 2 aromatic carbocycles. The van der Waals surface area contributed by atoms with E-state index in [2.05, 4.69) is 0 Å². The van der Waals surface area contributed by atoms with Crippen molar-refractivity contribution in [2.45, 2.75) is 39.0 Å². The Morgan fingerprint density at radius 2 is 1.81 bits per heavy atom. The molecule has 3 rings (SSSR count). The van der Waals surface area contributed by atoms with Gasteiger partial charge in [0.1, 0.15) is 11.6 Å². The molecule has 1 aliphatic rings. The molecule has 1 amide bonds. The normalized spacial score (nSPS) is 20.3. The number of carbonyl (C=O) groups excluding carboxylic acids is 1. The highest BCUT2D eigenvalue weighted by Crippen LogP contribution is 2.40. The number of rotatable bonds is 4. The summed E-state index contributed by atoms with van der Waals surface area (Å²) >= 11 is 6.26. The van der Waals surface area contributed by atoms with Gasteiger partial charge >= 0.3 is 0 Å². The smallest absolute Gasteiger partial charge is 0.234 e. The molecule has 2 aromatic rings. The number of amides is 1. The Morgan fingerprint density at radius 3 is 2.38 bits per heavy atom. The van der Waals surface area contributed by atoms with Gasteiger partial charge in [-0.05, 0) is 53.3 Å². The minimum Gasteiger partial charge on any atom is -0.312 e. The molecule has 0 aliphatic carbocycles. The van der Waals surface area contributed by atoms with Crippen LogP contribution in [0.4, 0.5) is 14.5 Å². The third kappa shape index (κ3) is 3.48. The van der Waals surface area contributed by atoms with E-state index in [1.165, 1.54) is 12.1 Å². The molecular weight excluding hydrogens is 356 g/mol. The van der Waals surface area contributed by atoms with Crippen LogP contribution < -0.4 is 4.90 Å². The highest BCUT2D eigenvalue weighted by molar-refractivity contribution is 6.31. The maximum absolute atomic E-state index is 13.7. The highest BCUT2D eigenvalue weighted by atomic mass is 35.5. The quantitative estimate of drug-likeness (QED) is 0.649. The fraction of sp³-hybridized carbons (Fsp3) is 0.381. The van der Waals surface area contributed by atoms with Crippen molar-refractivity contribution >= 4 is 23.2 Å². The standard InChI is InChI=1S/C21H22ClF2NO/c1-4-13-11-25(17-5-6-19(22)18(10-17)12(2)3)21(26)20(13)14-7-15(23)9-16(24)8-14/h5-10,12-13,20H,4,11H2,1-3H3. The first-order valence-electron chi connectivity index (χ1n) is 8.88. The number of nitrogens with zero attached hydrogens (tertiary/aromatic N) is 1. The lowest BCUT2D eigenvalue weighted by Gasteiger charge is -2.19. The fourth-order valence-corrected chi connectivity index (χ4v) is 4.04. The van der Waals surface area contributed by atoms with Crippen LogP contribution in [0.15, 0.2) is 36.4 Å². The van der Waals surface area contributed by atoms with Crippen LogP contribution in [0.3, 0.4) is 0 Å². The zero-order valence-corrected chi connectivity index (χ0v) is 15.9. The van der Waals surface area contributed by atoms with E-state index in [1.54, 1.807) is 11.0 Å². The molecule has 0 aromatic heterocycles. The molecule has 0 saturated carbocycles. The van der Waals surface area contributed by atoms with E-state index in [0.29, 0.717) is 17.1 Å². The van der Waals surface area contributed by atoms with Gasteiger partial charge in [0.2, 0.25) is 5.91 Å². The third-order valence-electron chi connectivity index (χ3n) is 5.10. The van der Waals surface area contributed by atoms with Gasteiger partial charge in [-0.1, -0.05) is 38.8 Å². The van der Waals surface area contributed by atoms with Crippen molar-refractivity contribution in [3.05, 3.63) is 64.2 Å². The summed E-state index contributed by atoms with van der Waals surface area (Å²) < 4.78 is 27.3. The maximum atomic E-state index is 13.7. The average Bonchev–Trinajstić information content (AvgIpc) is 2.90. The van der Waals surface area contributed by atoms with E-state index in [0.717, 1.165) is 23.7 Å². The van der Waals surface area contributed by atoms with Gasteiger partial charge in [-0.2, -0.15) is 0 Å². The summed E-state index contributed by atoms with van der Waals surface area (Å²) in [5.41, 5.74) is 2.16. The molecular formula is C21H22ClF2NO. The minimum absolute atomic E-state index is 0.00174. The van der Waals surface area contributed by atoms with Gasteiger partial charge in [-0.15, -0.1) is 0 Å². The van der Waals surface area contributed by atoms with Gasteiger partial charge in [0.15, 0.2) is 0 Å². The van der Waals surface area contributed by atoms with E-state index < -0.39 is 17.6 Å². The van der Waals surface area contributed by atoms with E-state index in [9.17, 15) is 13.6 Å². The number of hydrogen-bond acceptors (Lipinski definition) is 1. The molecule has 2 unspecified atom stereocenters. The predicted molar refractivity (Wildman–Crippen MR) is 101 cm³/mol. The number of benzene rings is 2. The minimum atomic E-state index is -0.658. The van der Waals surface area contributed by atoms with Crippen LogP contribution in [0, 0.1) is 17.6 Å². The van der Waals surface area contributed by atoms with Crippen LogP contribution in [0.5, 0.6) is 0 Å². The zero-order chi connectivity index (χ0) is 19.0. The van der Waals surface area contributed by atoms with Crippen LogP contribution in [0.2, 0.25) is 5.02 Å². The van der Waals surface area contributed by atoms with Gasteiger partial charge in [0, 0.05) is 23.3 Å². The number of hydrogen-bond donors (Lipinski definition) is 0. The lowest BCUT2D eigenvalue weighted by Crippen LogP contribution is -2.26. The Kier molecular flexibility index (Phi) is 5.33. The Hall–Kier alpha value is -1.94. The van der Waals surface area contributed by atoms with E-state index in [-0.39, 0.29) is 17.7 Å². The summed E-state index contributed by atoms with van der Waals surface area (Å²) in [4.78, 5) is 14.8. The van der Waals surface area contributed by atoms with Crippen molar-refractivity contribution in [1.82, 2.24) is 0 Å². The lowest BCUT2D eigenvalue weighted by molar-refractivity contribution is -0.118. The third-order valence-corrected chi connectivity index (χ3v) is 5.45. The van der Waals surface area contributed by atoms with E-state index >= 15 is 0 Å².